The van der Waals surface area contributed by atoms with E-state index in [4.69, 9.17) is 11.6 Å². The molecule has 2 atom stereocenters. The number of nitrogens with zero attached hydrogens (tertiary/aromatic N) is 1. The number of nitrogens with one attached hydrogen (secondary N) is 1. The van der Waals surface area contributed by atoms with Gasteiger partial charge in [-0.15, -0.1) is 11.3 Å². The van der Waals surface area contributed by atoms with Crippen LogP contribution in [0.1, 0.15) is 0 Å². The summed E-state index contributed by atoms with van der Waals surface area (Å²) in [6.07, 6.45) is 0. The molecule has 3 rings (SSSR count). The molecule has 0 bridgehead atoms. The maximum absolute atomic E-state index is 12.5. The van der Waals surface area contributed by atoms with Gasteiger partial charge in [-0.05, 0) is 46.9 Å². The van der Waals surface area contributed by atoms with Crippen LogP contribution < -0.4 is 5.32 Å². The second kappa shape index (κ2) is 4.71. The van der Waals surface area contributed by atoms with Crippen molar-refractivity contribution < 1.29 is 8.42 Å². The molecule has 1 aromatic heterocycles. The number of fused-ring (bicyclic) bond motifs is 1. The van der Waals surface area contributed by atoms with Crippen LogP contribution >= 0.6 is 38.9 Å². The van der Waals surface area contributed by atoms with Gasteiger partial charge >= 0.3 is 0 Å². The minimum absolute atomic E-state index is 0.326. The summed E-state index contributed by atoms with van der Waals surface area (Å²) in [5.41, 5.74) is 0. The van der Waals surface area contributed by atoms with Crippen molar-refractivity contribution in [2.45, 2.75) is 4.21 Å². The highest BCUT2D eigenvalue weighted by molar-refractivity contribution is 9.11. The minimum atomic E-state index is -3.37. The van der Waals surface area contributed by atoms with Gasteiger partial charge in [0, 0.05) is 13.1 Å². The molecule has 2 aliphatic heterocycles. The molecule has 3 heterocycles. The number of rotatable bonds is 2. The summed E-state index contributed by atoms with van der Waals surface area (Å²) >= 11 is 10.3. The topological polar surface area (TPSA) is 49.4 Å². The lowest BCUT2D eigenvalue weighted by Crippen LogP contribution is -2.31. The van der Waals surface area contributed by atoms with E-state index in [1.807, 2.05) is 0 Å². The fourth-order valence-corrected chi connectivity index (χ4v) is 6.70. The zero-order chi connectivity index (χ0) is 12.9. The fourth-order valence-electron chi connectivity index (χ4n) is 2.59. The van der Waals surface area contributed by atoms with Gasteiger partial charge in [0.1, 0.15) is 4.21 Å². The molecule has 0 radical (unpaired) electrons. The molecule has 4 nitrogen and oxygen atoms in total. The summed E-state index contributed by atoms with van der Waals surface area (Å²) < 4.78 is 27.5. The predicted molar refractivity (Wildman–Crippen MR) is 75.6 cm³/mol. The third-order valence-corrected chi connectivity index (χ3v) is 8.33. The fraction of sp³-hybridized carbons (Fsp3) is 0.600. The third-order valence-electron chi connectivity index (χ3n) is 3.57. The van der Waals surface area contributed by atoms with Crippen LogP contribution in [-0.4, -0.2) is 38.9 Å². The van der Waals surface area contributed by atoms with E-state index in [1.165, 1.54) is 17.4 Å². The first kappa shape index (κ1) is 13.3. The van der Waals surface area contributed by atoms with Gasteiger partial charge in [0.15, 0.2) is 0 Å². The molecule has 0 unspecified atom stereocenters. The molecule has 100 valence electrons. The number of sulfonamides is 1. The zero-order valence-corrected chi connectivity index (χ0v) is 13.4. The van der Waals surface area contributed by atoms with Crippen LogP contribution in [0.4, 0.5) is 0 Å². The normalized spacial score (nSPS) is 28.8. The van der Waals surface area contributed by atoms with Gasteiger partial charge in [-0.25, -0.2) is 8.42 Å². The molecular formula is C10H12BrClN2O2S2. The average Bonchev–Trinajstić information content (AvgIpc) is 2.93. The molecule has 2 saturated heterocycles. The highest BCUT2D eigenvalue weighted by atomic mass is 79.9. The van der Waals surface area contributed by atoms with Crippen LogP contribution in [0.3, 0.4) is 0 Å². The Morgan fingerprint density at radius 2 is 2.00 bits per heavy atom. The zero-order valence-electron chi connectivity index (χ0n) is 9.40. The van der Waals surface area contributed by atoms with Crippen LogP contribution in [0.2, 0.25) is 5.02 Å². The van der Waals surface area contributed by atoms with E-state index < -0.39 is 10.0 Å². The molecule has 0 aromatic carbocycles. The van der Waals surface area contributed by atoms with E-state index in [2.05, 4.69) is 21.2 Å². The Balaban J connectivity index is 1.87. The SMILES string of the molecule is O=S(=O)(c1cc(Cl)c(Br)s1)N1C[C@H]2CNC[C@H]2C1. The summed E-state index contributed by atoms with van der Waals surface area (Å²) in [5.74, 6) is 0.914. The van der Waals surface area contributed by atoms with Gasteiger partial charge < -0.3 is 5.32 Å². The van der Waals surface area contributed by atoms with Gasteiger partial charge in [0.2, 0.25) is 0 Å². The van der Waals surface area contributed by atoms with Crippen molar-refractivity contribution in [3.63, 3.8) is 0 Å². The van der Waals surface area contributed by atoms with E-state index in [-0.39, 0.29) is 0 Å². The summed E-state index contributed by atoms with van der Waals surface area (Å²) in [7, 11) is -3.37. The molecule has 0 aliphatic carbocycles. The lowest BCUT2D eigenvalue weighted by molar-refractivity contribution is 0.449. The number of thiophene rings is 1. The summed E-state index contributed by atoms with van der Waals surface area (Å²) in [4.78, 5) is 0. The Hall–Kier alpha value is 0.340. The molecule has 1 N–H and O–H groups in total. The number of hydrogen-bond donors (Lipinski definition) is 1. The Morgan fingerprint density at radius 3 is 2.50 bits per heavy atom. The maximum atomic E-state index is 12.5. The van der Waals surface area contributed by atoms with Gasteiger partial charge in [0.05, 0.1) is 8.81 Å². The molecule has 0 saturated carbocycles. The smallest absolute Gasteiger partial charge is 0.252 e. The van der Waals surface area contributed by atoms with Crippen LogP contribution in [-0.2, 0) is 10.0 Å². The maximum Gasteiger partial charge on any atom is 0.252 e. The molecular weight excluding hydrogens is 360 g/mol. The molecule has 1 aromatic rings. The lowest BCUT2D eigenvalue weighted by Gasteiger charge is -2.15. The molecule has 0 amide bonds. The van der Waals surface area contributed by atoms with E-state index in [0.29, 0.717) is 37.9 Å². The first-order chi connectivity index (χ1) is 8.48. The highest BCUT2D eigenvalue weighted by Crippen LogP contribution is 2.38. The van der Waals surface area contributed by atoms with Crippen molar-refractivity contribution in [3.8, 4) is 0 Å². The molecule has 18 heavy (non-hydrogen) atoms. The number of hydrogen-bond acceptors (Lipinski definition) is 4. The summed E-state index contributed by atoms with van der Waals surface area (Å²) in [5, 5.41) is 3.76. The van der Waals surface area contributed by atoms with Crippen molar-refractivity contribution in [1.29, 1.82) is 0 Å². The van der Waals surface area contributed by atoms with Gasteiger partial charge in [0.25, 0.3) is 10.0 Å². The monoisotopic (exact) mass is 370 g/mol. The highest BCUT2D eigenvalue weighted by Gasteiger charge is 2.42. The van der Waals surface area contributed by atoms with Crippen molar-refractivity contribution in [2.24, 2.45) is 11.8 Å². The summed E-state index contributed by atoms with van der Waals surface area (Å²) in [6, 6.07) is 1.53. The number of halogens is 2. The Labute approximate surface area is 123 Å². The quantitative estimate of drug-likeness (QED) is 0.865. The molecule has 2 fully saturated rings. The minimum Gasteiger partial charge on any atom is -0.316 e. The van der Waals surface area contributed by atoms with Crippen molar-refractivity contribution >= 4 is 48.9 Å². The van der Waals surface area contributed by atoms with Crippen LogP contribution in [0.15, 0.2) is 14.1 Å². The second-order valence-electron chi connectivity index (χ2n) is 4.69. The predicted octanol–water partition coefficient (Wildman–Crippen LogP) is 2.00. The first-order valence-electron chi connectivity index (χ1n) is 5.64. The van der Waals surface area contributed by atoms with Crippen LogP contribution in [0, 0.1) is 11.8 Å². The van der Waals surface area contributed by atoms with Gasteiger partial charge in [-0.1, -0.05) is 11.6 Å². The standard InChI is InChI=1S/C10H12BrClN2O2S2/c11-10-8(12)1-9(17-10)18(15,16)14-4-6-2-13-3-7(6)5-14/h1,6-7,13H,2-5H2/t6-,7+. The van der Waals surface area contributed by atoms with Gasteiger partial charge in [-0.3, -0.25) is 0 Å². The van der Waals surface area contributed by atoms with E-state index in [0.717, 1.165) is 13.1 Å². The average molecular weight is 372 g/mol. The van der Waals surface area contributed by atoms with Gasteiger partial charge in [-0.2, -0.15) is 4.31 Å². The molecule has 0 spiro atoms. The lowest BCUT2D eigenvalue weighted by atomic mass is 10.0. The van der Waals surface area contributed by atoms with Crippen molar-refractivity contribution in [1.82, 2.24) is 9.62 Å². The van der Waals surface area contributed by atoms with E-state index in [1.54, 1.807) is 4.31 Å². The van der Waals surface area contributed by atoms with Crippen molar-refractivity contribution in [3.05, 3.63) is 14.9 Å². The summed E-state index contributed by atoms with van der Waals surface area (Å²) in [6.45, 7) is 3.08. The Bertz CT molecular complexity index is 543. The van der Waals surface area contributed by atoms with Crippen LogP contribution in [0.25, 0.3) is 0 Å². The molecule has 2 aliphatic rings. The van der Waals surface area contributed by atoms with E-state index >= 15 is 0 Å². The Kier molecular flexibility index (Phi) is 3.49. The third kappa shape index (κ3) is 2.14. The molecule has 8 heteroatoms. The second-order valence-corrected chi connectivity index (χ2v) is 9.63. The van der Waals surface area contributed by atoms with Crippen LogP contribution in [0.5, 0.6) is 0 Å². The first-order valence-corrected chi connectivity index (χ1v) is 9.07. The Morgan fingerprint density at radius 1 is 1.39 bits per heavy atom. The van der Waals surface area contributed by atoms with E-state index in [9.17, 15) is 8.42 Å². The van der Waals surface area contributed by atoms with Crippen molar-refractivity contribution in [2.75, 3.05) is 26.2 Å². The largest absolute Gasteiger partial charge is 0.316 e.